The summed E-state index contributed by atoms with van der Waals surface area (Å²) in [5.41, 5.74) is -0.503. The molecule has 0 aliphatic rings. The molecular weight excluding hydrogens is 421 g/mol. The third-order valence-corrected chi connectivity index (χ3v) is 3.53. The summed E-state index contributed by atoms with van der Waals surface area (Å²) in [4.78, 5) is 16.2. The van der Waals surface area contributed by atoms with Crippen LogP contribution in [-0.4, -0.2) is 53.3 Å². The van der Waals surface area contributed by atoms with E-state index in [9.17, 15) is 4.79 Å². The zero-order chi connectivity index (χ0) is 17.3. The van der Waals surface area contributed by atoms with Gasteiger partial charge < -0.3 is 20.5 Å². The molecule has 0 radical (unpaired) electrons. The third kappa shape index (κ3) is 7.02. The quantitative estimate of drug-likeness (QED) is 0.309. The van der Waals surface area contributed by atoms with E-state index >= 15 is 0 Å². The summed E-state index contributed by atoms with van der Waals surface area (Å²) < 4.78 is 2.01. The lowest BCUT2D eigenvalue weighted by molar-refractivity contribution is -0.128. The fourth-order valence-corrected chi connectivity index (χ4v) is 2.04. The molecule has 1 aromatic rings. The van der Waals surface area contributed by atoms with E-state index in [1.165, 1.54) is 0 Å². The SMILES string of the molecule is CCNC(=O)C(C)(C)CNC(=NC)NCCn1cnnc1CC.I. The van der Waals surface area contributed by atoms with Crippen molar-refractivity contribution in [3.05, 3.63) is 12.2 Å². The Morgan fingerprint density at radius 2 is 2.00 bits per heavy atom. The summed E-state index contributed by atoms with van der Waals surface area (Å²) in [7, 11) is 1.71. The number of aliphatic imine (C=N–C) groups is 1. The monoisotopic (exact) mass is 451 g/mol. The molecule has 0 saturated carbocycles. The van der Waals surface area contributed by atoms with Crippen molar-refractivity contribution in [3.8, 4) is 0 Å². The first-order valence-electron chi connectivity index (χ1n) is 8.04. The second-order valence-corrected chi connectivity index (χ2v) is 5.89. The van der Waals surface area contributed by atoms with Gasteiger partial charge in [-0.1, -0.05) is 6.92 Å². The van der Waals surface area contributed by atoms with E-state index in [1.807, 2.05) is 25.3 Å². The van der Waals surface area contributed by atoms with E-state index in [4.69, 9.17) is 0 Å². The second-order valence-electron chi connectivity index (χ2n) is 5.89. The number of nitrogens with one attached hydrogen (secondary N) is 3. The van der Waals surface area contributed by atoms with Gasteiger partial charge in [-0.15, -0.1) is 34.2 Å². The summed E-state index contributed by atoms with van der Waals surface area (Å²) in [5, 5.41) is 17.2. The maximum atomic E-state index is 12.0. The fourth-order valence-electron chi connectivity index (χ4n) is 2.04. The van der Waals surface area contributed by atoms with E-state index in [1.54, 1.807) is 13.4 Å². The predicted molar refractivity (Wildman–Crippen MR) is 107 cm³/mol. The zero-order valence-electron chi connectivity index (χ0n) is 15.2. The molecule has 0 aliphatic heterocycles. The van der Waals surface area contributed by atoms with Crippen LogP contribution in [0.4, 0.5) is 0 Å². The Morgan fingerprint density at radius 3 is 2.58 bits per heavy atom. The van der Waals surface area contributed by atoms with Gasteiger partial charge in [0, 0.05) is 39.6 Å². The van der Waals surface area contributed by atoms with Gasteiger partial charge in [-0.25, -0.2) is 0 Å². The molecule has 1 amide bonds. The highest BCUT2D eigenvalue weighted by Gasteiger charge is 2.27. The van der Waals surface area contributed by atoms with Gasteiger partial charge in [-0.3, -0.25) is 9.79 Å². The summed E-state index contributed by atoms with van der Waals surface area (Å²) >= 11 is 0. The minimum absolute atomic E-state index is 0. The minimum Gasteiger partial charge on any atom is -0.356 e. The van der Waals surface area contributed by atoms with Crippen LogP contribution in [0.1, 0.15) is 33.5 Å². The van der Waals surface area contributed by atoms with Gasteiger partial charge in [0.15, 0.2) is 5.96 Å². The van der Waals surface area contributed by atoms with Crippen molar-refractivity contribution in [3.63, 3.8) is 0 Å². The molecule has 0 spiro atoms. The van der Waals surface area contributed by atoms with Crippen molar-refractivity contribution >= 4 is 35.8 Å². The highest BCUT2D eigenvalue weighted by atomic mass is 127. The number of carbonyl (C=O) groups is 1. The predicted octanol–water partition coefficient (Wildman–Crippen LogP) is 0.786. The number of halogens is 1. The molecule has 3 N–H and O–H groups in total. The number of guanidine groups is 1. The van der Waals surface area contributed by atoms with Gasteiger partial charge in [0.1, 0.15) is 12.2 Å². The molecule has 1 rings (SSSR count). The lowest BCUT2D eigenvalue weighted by atomic mass is 9.92. The first-order chi connectivity index (χ1) is 10.9. The summed E-state index contributed by atoms with van der Waals surface area (Å²) in [6, 6.07) is 0. The number of aromatic nitrogens is 3. The standard InChI is InChI=1S/C15H29N7O.HI/c1-6-12-21-20-11-22(12)9-8-18-14(16-5)19-10-15(3,4)13(23)17-7-2;/h11H,6-10H2,1-5H3,(H,17,23)(H2,16,18,19);1H. The number of amides is 1. The molecule has 8 nitrogen and oxygen atoms in total. The van der Waals surface area contributed by atoms with E-state index in [-0.39, 0.29) is 29.9 Å². The third-order valence-electron chi connectivity index (χ3n) is 3.53. The lowest BCUT2D eigenvalue weighted by Gasteiger charge is -2.24. The lowest BCUT2D eigenvalue weighted by Crippen LogP contribution is -2.48. The number of rotatable bonds is 8. The van der Waals surface area contributed by atoms with E-state index in [0.717, 1.165) is 18.8 Å². The van der Waals surface area contributed by atoms with E-state index in [0.29, 0.717) is 25.6 Å². The van der Waals surface area contributed by atoms with Crippen molar-refractivity contribution in [1.29, 1.82) is 0 Å². The number of hydrogen-bond acceptors (Lipinski definition) is 4. The zero-order valence-corrected chi connectivity index (χ0v) is 17.5. The molecule has 0 atom stereocenters. The maximum absolute atomic E-state index is 12.0. The van der Waals surface area contributed by atoms with Gasteiger partial charge in [0.25, 0.3) is 0 Å². The van der Waals surface area contributed by atoms with Crippen LogP contribution in [-0.2, 0) is 17.8 Å². The summed E-state index contributed by atoms with van der Waals surface area (Å²) in [6.07, 6.45) is 2.59. The molecule has 0 unspecified atom stereocenters. The maximum Gasteiger partial charge on any atom is 0.227 e. The number of nitrogens with zero attached hydrogens (tertiary/aromatic N) is 4. The molecule has 0 aliphatic carbocycles. The van der Waals surface area contributed by atoms with E-state index < -0.39 is 5.41 Å². The van der Waals surface area contributed by atoms with Crippen molar-refractivity contribution in [2.75, 3.05) is 26.7 Å². The van der Waals surface area contributed by atoms with Crippen molar-refractivity contribution in [1.82, 2.24) is 30.7 Å². The van der Waals surface area contributed by atoms with Crippen molar-refractivity contribution < 1.29 is 4.79 Å². The van der Waals surface area contributed by atoms with E-state index in [2.05, 4.69) is 38.1 Å². The van der Waals surface area contributed by atoms with Crippen LogP contribution < -0.4 is 16.0 Å². The normalized spacial score (nSPS) is 11.6. The number of aryl methyl sites for hydroxylation is 1. The Hall–Kier alpha value is -1.39. The Bertz CT molecular complexity index is 528. The molecule has 1 heterocycles. The summed E-state index contributed by atoms with van der Waals surface area (Å²) in [5.74, 6) is 1.67. The molecule has 0 fully saturated rings. The largest absolute Gasteiger partial charge is 0.356 e. The molecule has 0 saturated heterocycles. The second kappa shape index (κ2) is 11.2. The van der Waals surface area contributed by atoms with Crippen molar-refractivity contribution in [2.24, 2.45) is 10.4 Å². The van der Waals surface area contributed by atoms with Crippen LogP contribution in [0.3, 0.4) is 0 Å². The first kappa shape index (κ1) is 22.6. The van der Waals surface area contributed by atoms with Gasteiger partial charge in [-0.2, -0.15) is 0 Å². The topological polar surface area (TPSA) is 96.2 Å². The van der Waals surface area contributed by atoms with Gasteiger partial charge >= 0.3 is 0 Å². The van der Waals surface area contributed by atoms with Crippen molar-refractivity contribution in [2.45, 2.75) is 40.7 Å². The summed E-state index contributed by atoms with van der Waals surface area (Å²) in [6.45, 7) is 10.4. The smallest absolute Gasteiger partial charge is 0.227 e. The molecule has 138 valence electrons. The molecular formula is C15H30IN7O. The average molecular weight is 451 g/mol. The van der Waals surface area contributed by atoms with Gasteiger partial charge in [0.05, 0.1) is 5.41 Å². The van der Waals surface area contributed by atoms with Gasteiger partial charge in [-0.05, 0) is 20.8 Å². The molecule has 0 aromatic carbocycles. The number of hydrogen-bond donors (Lipinski definition) is 3. The van der Waals surface area contributed by atoms with Crippen LogP contribution in [0.25, 0.3) is 0 Å². The van der Waals surface area contributed by atoms with Gasteiger partial charge in [0.2, 0.25) is 5.91 Å². The Kier molecular flexibility index (Phi) is 10.6. The first-order valence-corrected chi connectivity index (χ1v) is 8.04. The fraction of sp³-hybridized carbons (Fsp3) is 0.733. The Balaban J connectivity index is 0.00000529. The van der Waals surface area contributed by atoms with Crippen LogP contribution in [0.5, 0.6) is 0 Å². The molecule has 24 heavy (non-hydrogen) atoms. The molecule has 0 bridgehead atoms. The van der Waals surface area contributed by atoms with Crippen LogP contribution >= 0.6 is 24.0 Å². The average Bonchev–Trinajstić information content (AvgIpc) is 2.98. The van der Waals surface area contributed by atoms with Crippen LogP contribution in [0.15, 0.2) is 11.3 Å². The highest BCUT2D eigenvalue weighted by molar-refractivity contribution is 14.0. The molecule has 1 aromatic heterocycles. The van der Waals surface area contributed by atoms with Crippen LogP contribution in [0.2, 0.25) is 0 Å². The Morgan fingerprint density at radius 1 is 1.29 bits per heavy atom. The molecule has 9 heteroatoms. The minimum atomic E-state index is -0.503. The highest BCUT2D eigenvalue weighted by Crippen LogP contribution is 2.13. The van der Waals surface area contributed by atoms with Crippen LogP contribution in [0, 0.1) is 5.41 Å². The Labute approximate surface area is 161 Å². The number of carbonyl (C=O) groups excluding carboxylic acids is 1.